The maximum absolute atomic E-state index is 11.4. The van der Waals surface area contributed by atoms with Gasteiger partial charge in [-0.05, 0) is 31.2 Å². The van der Waals surface area contributed by atoms with Gasteiger partial charge in [0, 0.05) is 6.42 Å². The lowest BCUT2D eigenvalue weighted by Gasteiger charge is -2.37. The molecule has 0 heterocycles. The Morgan fingerprint density at radius 1 is 0.727 bits per heavy atom. The second kappa shape index (κ2) is 17.3. The fourth-order valence-corrected chi connectivity index (χ4v) is 3.59. The van der Waals surface area contributed by atoms with Crippen LogP contribution in [0.25, 0.3) is 0 Å². The molecule has 2 atom stereocenters. The van der Waals surface area contributed by atoms with Crippen LogP contribution in [0.2, 0.25) is 0 Å². The van der Waals surface area contributed by atoms with Crippen molar-refractivity contribution < 1.29 is 29.4 Å². The van der Waals surface area contributed by atoms with E-state index in [9.17, 15) is 29.4 Å². The summed E-state index contributed by atoms with van der Waals surface area (Å²) < 4.78 is 0. The van der Waals surface area contributed by atoms with E-state index >= 15 is 0 Å². The Morgan fingerprint density at radius 3 is 1.55 bits per heavy atom. The SMILES string of the molecule is CC(C)C(C=O)NCCCCCCCCCCC(NC(=O)O)(NC(=O)O)NC(C=O)C(C)C. The number of aldehydes is 2. The molecule has 0 rings (SSSR count). The van der Waals surface area contributed by atoms with Crippen LogP contribution in [0.15, 0.2) is 0 Å². The van der Waals surface area contributed by atoms with E-state index in [-0.39, 0.29) is 18.4 Å². The van der Waals surface area contributed by atoms with Crippen molar-refractivity contribution in [3.05, 3.63) is 0 Å². The fraction of sp³-hybridized carbons (Fsp3) is 0.826. The van der Waals surface area contributed by atoms with Crippen molar-refractivity contribution in [2.24, 2.45) is 11.8 Å². The maximum atomic E-state index is 11.4. The lowest BCUT2D eigenvalue weighted by Crippen LogP contribution is -2.71. The van der Waals surface area contributed by atoms with Crippen LogP contribution < -0.4 is 21.3 Å². The minimum atomic E-state index is -1.63. The molecule has 10 heteroatoms. The number of carbonyl (C=O) groups excluding carboxylic acids is 2. The molecule has 0 aliphatic carbocycles. The first-order valence-electron chi connectivity index (χ1n) is 12.0. The highest BCUT2D eigenvalue weighted by Gasteiger charge is 2.36. The van der Waals surface area contributed by atoms with E-state index in [2.05, 4.69) is 21.3 Å². The summed E-state index contributed by atoms with van der Waals surface area (Å²) in [5, 5.41) is 29.0. The highest BCUT2D eigenvalue weighted by atomic mass is 16.4. The van der Waals surface area contributed by atoms with Crippen LogP contribution in [0.3, 0.4) is 0 Å². The summed E-state index contributed by atoms with van der Waals surface area (Å²) >= 11 is 0. The largest absolute Gasteiger partial charge is 0.465 e. The van der Waals surface area contributed by atoms with Crippen LogP contribution in [0.4, 0.5) is 9.59 Å². The number of unbranched alkanes of at least 4 members (excludes halogenated alkanes) is 7. The van der Waals surface area contributed by atoms with Crippen molar-refractivity contribution >= 4 is 24.8 Å². The highest BCUT2D eigenvalue weighted by molar-refractivity contribution is 5.70. The fourth-order valence-electron chi connectivity index (χ4n) is 3.59. The second-order valence-electron chi connectivity index (χ2n) is 9.25. The van der Waals surface area contributed by atoms with E-state index in [1.54, 1.807) is 13.8 Å². The van der Waals surface area contributed by atoms with Crippen molar-refractivity contribution in [2.45, 2.75) is 103 Å². The Labute approximate surface area is 197 Å². The molecule has 0 saturated carbocycles. The molecular weight excluding hydrogens is 428 g/mol. The second-order valence-corrected chi connectivity index (χ2v) is 9.25. The number of hydrogen-bond acceptors (Lipinski definition) is 6. The van der Waals surface area contributed by atoms with Gasteiger partial charge in [-0.3, -0.25) is 16.0 Å². The summed E-state index contributed by atoms with van der Waals surface area (Å²) in [7, 11) is 0. The summed E-state index contributed by atoms with van der Waals surface area (Å²) in [4.78, 5) is 45.0. The first-order valence-corrected chi connectivity index (χ1v) is 12.0. The Balaban J connectivity index is 4.37. The van der Waals surface area contributed by atoms with E-state index in [1.165, 1.54) is 0 Å². The van der Waals surface area contributed by atoms with Gasteiger partial charge in [-0.25, -0.2) is 9.59 Å². The van der Waals surface area contributed by atoms with Gasteiger partial charge in [-0.1, -0.05) is 66.2 Å². The Kier molecular flexibility index (Phi) is 16.1. The molecule has 2 unspecified atom stereocenters. The van der Waals surface area contributed by atoms with Crippen molar-refractivity contribution in [1.29, 1.82) is 0 Å². The van der Waals surface area contributed by atoms with Gasteiger partial charge in [0.15, 0.2) is 5.79 Å². The number of rotatable bonds is 20. The monoisotopic (exact) mass is 472 g/mol. The van der Waals surface area contributed by atoms with Gasteiger partial charge in [0.25, 0.3) is 0 Å². The minimum Gasteiger partial charge on any atom is -0.465 e. The molecule has 0 aliphatic rings. The molecular formula is C23H44N4O6. The quantitative estimate of drug-likeness (QED) is 0.0895. The lowest BCUT2D eigenvalue weighted by atomic mass is 10.0. The highest BCUT2D eigenvalue weighted by Crippen LogP contribution is 2.16. The molecule has 0 fully saturated rings. The Hall–Kier alpha value is -2.20. The summed E-state index contributed by atoms with van der Waals surface area (Å²) in [6.07, 6.45) is 6.76. The third-order valence-electron chi connectivity index (χ3n) is 5.64. The zero-order valence-electron chi connectivity index (χ0n) is 20.6. The van der Waals surface area contributed by atoms with Gasteiger partial charge in [0.05, 0.1) is 12.1 Å². The Morgan fingerprint density at radius 2 is 1.15 bits per heavy atom. The van der Waals surface area contributed by atoms with Crippen LogP contribution in [-0.2, 0) is 9.59 Å². The van der Waals surface area contributed by atoms with E-state index in [0.717, 1.165) is 57.8 Å². The third-order valence-corrected chi connectivity index (χ3v) is 5.64. The standard InChI is InChI=1S/C23H44N4O6/c1-17(2)19(15-28)24-14-12-10-8-6-5-7-9-11-13-23(26-21(30)31,27-22(32)33)25-20(16-29)18(3)4/h15-20,24-27H,5-14H2,1-4H3,(H,30,31)(H,32,33). The molecule has 0 aromatic carbocycles. The predicted octanol–water partition coefficient (Wildman–Crippen LogP) is 3.31. The first kappa shape index (κ1) is 30.8. The van der Waals surface area contributed by atoms with Crippen LogP contribution in [0.5, 0.6) is 0 Å². The third kappa shape index (κ3) is 14.5. The molecule has 0 aliphatic heterocycles. The summed E-state index contributed by atoms with van der Waals surface area (Å²) in [6.45, 7) is 8.46. The number of nitrogens with one attached hydrogen (secondary N) is 4. The maximum Gasteiger partial charge on any atom is 0.407 e. The summed E-state index contributed by atoms with van der Waals surface area (Å²) in [5.74, 6) is -1.48. The molecule has 0 radical (unpaired) electrons. The average molecular weight is 473 g/mol. The van der Waals surface area contributed by atoms with E-state index in [1.807, 2.05) is 13.8 Å². The zero-order chi connectivity index (χ0) is 25.3. The molecule has 0 aromatic heterocycles. The van der Waals surface area contributed by atoms with Crippen molar-refractivity contribution in [3.8, 4) is 0 Å². The first-order chi connectivity index (χ1) is 15.6. The van der Waals surface area contributed by atoms with Crippen LogP contribution in [0.1, 0.15) is 85.5 Å². The van der Waals surface area contributed by atoms with Crippen molar-refractivity contribution in [3.63, 3.8) is 0 Å². The van der Waals surface area contributed by atoms with E-state index in [0.29, 0.717) is 18.6 Å². The lowest BCUT2D eigenvalue weighted by molar-refractivity contribution is -0.111. The molecule has 2 amide bonds. The van der Waals surface area contributed by atoms with E-state index in [4.69, 9.17) is 0 Å². The number of hydrogen-bond donors (Lipinski definition) is 6. The van der Waals surface area contributed by atoms with Crippen LogP contribution >= 0.6 is 0 Å². The van der Waals surface area contributed by atoms with Gasteiger partial charge in [-0.2, -0.15) is 0 Å². The van der Waals surface area contributed by atoms with E-state index < -0.39 is 24.0 Å². The summed E-state index contributed by atoms with van der Waals surface area (Å²) in [5.41, 5.74) is 0. The van der Waals surface area contributed by atoms with Crippen LogP contribution in [0, 0.1) is 11.8 Å². The smallest absolute Gasteiger partial charge is 0.407 e. The van der Waals surface area contributed by atoms with Gasteiger partial charge in [0.1, 0.15) is 12.6 Å². The van der Waals surface area contributed by atoms with Crippen LogP contribution in [-0.4, -0.2) is 59.4 Å². The molecule has 0 bridgehead atoms. The summed E-state index contributed by atoms with van der Waals surface area (Å²) in [6, 6.07) is -0.791. The van der Waals surface area contributed by atoms with Crippen molar-refractivity contribution in [1.82, 2.24) is 21.3 Å². The molecule has 6 N–H and O–H groups in total. The van der Waals surface area contributed by atoms with Gasteiger partial charge >= 0.3 is 12.2 Å². The topological polar surface area (TPSA) is 157 Å². The van der Waals surface area contributed by atoms with Crippen molar-refractivity contribution in [2.75, 3.05) is 6.54 Å². The molecule has 192 valence electrons. The van der Waals surface area contributed by atoms with Gasteiger partial charge in [-0.15, -0.1) is 0 Å². The zero-order valence-corrected chi connectivity index (χ0v) is 20.6. The average Bonchev–Trinajstić information content (AvgIpc) is 2.71. The molecule has 10 nitrogen and oxygen atoms in total. The molecule has 0 aromatic rings. The van der Waals surface area contributed by atoms with Gasteiger partial charge < -0.3 is 25.1 Å². The number of carbonyl (C=O) groups is 4. The number of carboxylic acid groups (broad SMARTS) is 2. The molecule has 0 saturated heterocycles. The van der Waals surface area contributed by atoms with Gasteiger partial charge in [0.2, 0.25) is 0 Å². The molecule has 0 spiro atoms. The number of amides is 2. The molecule has 33 heavy (non-hydrogen) atoms. The Bertz CT molecular complexity index is 569. The predicted molar refractivity (Wildman–Crippen MR) is 127 cm³/mol. The minimum absolute atomic E-state index is 0.0832. The normalized spacial score (nSPS) is 13.5.